The summed E-state index contributed by atoms with van der Waals surface area (Å²) >= 11 is 1.52. The highest BCUT2D eigenvalue weighted by Gasteiger charge is 2.09. The second-order valence-electron chi connectivity index (χ2n) is 3.85. The van der Waals surface area contributed by atoms with Gasteiger partial charge in [0.15, 0.2) is 10.9 Å². The van der Waals surface area contributed by atoms with E-state index in [1.54, 1.807) is 14.2 Å². The molecule has 104 valence electrons. The summed E-state index contributed by atoms with van der Waals surface area (Å²) in [6.07, 6.45) is 1.74. The fourth-order valence-electron chi connectivity index (χ4n) is 1.53. The maximum Gasteiger partial charge on any atom is 0.189 e. The molecule has 0 saturated carbocycles. The van der Waals surface area contributed by atoms with Crippen LogP contribution in [0.3, 0.4) is 0 Å². The van der Waals surface area contributed by atoms with E-state index in [0.717, 1.165) is 34.1 Å². The summed E-state index contributed by atoms with van der Waals surface area (Å²) in [6.45, 7) is 8.20. The number of methoxy groups -OCH3 is 1. The molecule has 19 heavy (non-hydrogen) atoms. The average Bonchev–Trinajstić information content (AvgIpc) is 2.91. The van der Waals surface area contributed by atoms with Crippen molar-refractivity contribution in [2.75, 3.05) is 14.2 Å². The summed E-state index contributed by atoms with van der Waals surface area (Å²) in [7, 11) is 3.42. The summed E-state index contributed by atoms with van der Waals surface area (Å²) in [4.78, 5) is 5.61. The van der Waals surface area contributed by atoms with Crippen molar-refractivity contribution in [3.8, 4) is 5.06 Å². The first-order valence-electron chi connectivity index (χ1n) is 6.30. The molecular formula is C14H21N3OS. The van der Waals surface area contributed by atoms with Crippen LogP contribution in [0.2, 0.25) is 0 Å². The van der Waals surface area contributed by atoms with Crippen LogP contribution >= 0.6 is 11.3 Å². The van der Waals surface area contributed by atoms with Gasteiger partial charge in [0, 0.05) is 12.8 Å². The van der Waals surface area contributed by atoms with Crippen molar-refractivity contribution < 1.29 is 4.74 Å². The number of aliphatic imine (C=N–C) groups is 1. The van der Waals surface area contributed by atoms with Crippen molar-refractivity contribution in [1.29, 1.82) is 0 Å². The Hall–Kier alpha value is -1.62. The molecule has 0 aliphatic rings. The van der Waals surface area contributed by atoms with Crippen molar-refractivity contribution in [2.24, 2.45) is 10.1 Å². The summed E-state index contributed by atoms with van der Waals surface area (Å²) in [5, 5.41) is 5.09. The maximum absolute atomic E-state index is 5.20. The molecule has 0 amide bonds. The molecule has 0 aliphatic carbocycles. The maximum atomic E-state index is 5.20. The van der Waals surface area contributed by atoms with E-state index in [1.807, 2.05) is 12.1 Å². The monoisotopic (exact) mass is 279 g/mol. The Morgan fingerprint density at radius 3 is 2.58 bits per heavy atom. The van der Waals surface area contributed by atoms with Gasteiger partial charge in [-0.1, -0.05) is 31.8 Å². The zero-order chi connectivity index (χ0) is 14.3. The summed E-state index contributed by atoms with van der Waals surface area (Å²) in [5.74, 6) is 0.669. The zero-order valence-electron chi connectivity index (χ0n) is 12.0. The van der Waals surface area contributed by atoms with Gasteiger partial charge in [0.2, 0.25) is 0 Å². The molecule has 0 saturated heterocycles. The number of rotatable bonds is 6. The van der Waals surface area contributed by atoms with E-state index < -0.39 is 0 Å². The molecule has 1 rings (SSSR count). The average molecular weight is 279 g/mol. The van der Waals surface area contributed by atoms with Gasteiger partial charge >= 0.3 is 0 Å². The van der Waals surface area contributed by atoms with Crippen LogP contribution in [0.15, 0.2) is 34.4 Å². The van der Waals surface area contributed by atoms with Crippen LogP contribution in [0, 0.1) is 0 Å². The van der Waals surface area contributed by atoms with Crippen molar-refractivity contribution in [2.45, 2.75) is 26.7 Å². The van der Waals surface area contributed by atoms with E-state index in [2.05, 4.69) is 35.9 Å². The topological polar surface area (TPSA) is 46.0 Å². The highest BCUT2D eigenvalue weighted by atomic mass is 32.1. The molecule has 1 N–H and O–H groups in total. The Labute approximate surface area is 118 Å². The second kappa shape index (κ2) is 7.74. The lowest BCUT2D eigenvalue weighted by Gasteiger charge is -2.06. The number of nitrogens with zero attached hydrogens (tertiary/aromatic N) is 2. The van der Waals surface area contributed by atoms with Gasteiger partial charge in [0.1, 0.15) is 0 Å². The van der Waals surface area contributed by atoms with E-state index >= 15 is 0 Å². The predicted octanol–water partition coefficient (Wildman–Crippen LogP) is 3.45. The number of hydrogen-bond donors (Lipinski definition) is 1. The van der Waals surface area contributed by atoms with E-state index in [4.69, 9.17) is 4.74 Å². The Bertz CT molecular complexity index is 489. The van der Waals surface area contributed by atoms with E-state index in [-0.39, 0.29) is 0 Å². The zero-order valence-corrected chi connectivity index (χ0v) is 12.8. The standard InChI is InChI=1S/C14H21N3OS/c1-6-10(3)11(7-2)16-14(17-15-4)12-8-9-13(18-5)19-12/h8-9,15H,3,6-7H2,1-2,4-5H3/b16-11?,17-14-. The van der Waals surface area contributed by atoms with Gasteiger partial charge in [-0.15, -0.1) is 0 Å². The fraction of sp³-hybridized carbons (Fsp3) is 0.429. The minimum Gasteiger partial charge on any atom is -0.487 e. The Balaban J connectivity index is 3.11. The van der Waals surface area contributed by atoms with Crippen LogP contribution in [-0.2, 0) is 0 Å². The molecular weight excluding hydrogens is 258 g/mol. The Morgan fingerprint density at radius 2 is 2.11 bits per heavy atom. The minimum absolute atomic E-state index is 0.669. The van der Waals surface area contributed by atoms with Crippen LogP contribution in [-0.4, -0.2) is 25.7 Å². The van der Waals surface area contributed by atoms with Crippen molar-refractivity contribution in [3.63, 3.8) is 0 Å². The van der Waals surface area contributed by atoms with Crippen LogP contribution in [0.4, 0.5) is 0 Å². The van der Waals surface area contributed by atoms with Gasteiger partial charge in [0.05, 0.1) is 12.0 Å². The first-order valence-corrected chi connectivity index (χ1v) is 7.12. The van der Waals surface area contributed by atoms with E-state index in [1.165, 1.54) is 11.3 Å². The van der Waals surface area contributed by atoms with Crippen molar-refractivity contribution >= 4 is 22.9 Å². The summed E-state index contributed by atoms with van der Waals surface area (Å²) in [6, 6.07) is 3.88. The first kappa shape index (κ1) is 15.4. The second-order valence-corrected chi connectivity index (χ2v) is 4.90. The summed E-state index contributed by atoms with van der Waals surface area (Å²) in [5.41, 5.74) is 4.84. The number of nitrogens with one attached hydrogen (secondary N) is 1. The quantitative estimate of drug-likeness (QED) is 0.492. The molecule has 1 aromatic rings. The molecule has 0 unspecified atom stereocenters. The SMILES string of the molecule is C=C(CC)C(CC)=N/C(=N\NC)c1ccc(OC)s1. The van der Waals surface area contributed by atoms with Gasteiger partial charge < -0.3 is 10.2 Å². The molecule has 0 bridgehead atoms. The van der Waals surface area contributed by atoms with Gasteiger partial charge in [-0.2, -0.15) is 5.10 Å². The Morgan fingerprint density at radius 1 is 1.37 bits per heavy atom. The Kier molecular flexibility index (Phi) is 6.29. The van der Waals surface area contributed by atoms with Crippen LogP contribution in [0.5, 0.6) is 5.06 Å². The van der Waals surface area contributed by atoms with Gasteiger partial charge in [-0.25, -0.2) is 4.99 Å². The van der Waals surface area contributed by atoms with Crippen LogP contribution in [0.25, 0.3) is 0 Å². The lowest BCUT2D eigenvalue weighted by atomic mass is 10.1. The molecule has 0 fully saturated rings. The highest BCUT2D eigenvalue weighted by Crippen LogP contribution is 2.25. The molecule has 1 aromatic heterocycles. The van der Waals surface area contributed by atoms with Gasteiger partial charge in [0.25, 0.3) is 0 Å². The number of ether oxygens (including phenoxy) is 1. The van der Waals surface area contributed by atoms with E-state index in [0.29, 0.717) is 5.84 Å². The molecule has 0 aromatic carbocycles. The molecule has 5 heteroatoms. The first-order chi connectivity index (χ1) is 9.15. The largest absolute Gasteiger partial charge is 0.487 e. The van der Waals surface area contributed by atoms with Crippen LogP contribution < -0.4 is 10.2 Å². The predicted molar refractivity (Wildman–Crippen MR) is 83.6 cm³/mol. The number of thiophene rings is 1. The molecule has 0 spiro atoms. The molecule has 0 aliphatic heterocycles. The fourth-order valence-corrected chi connectivity index (χ4v) is 2.29. The molecule has 0 atom stereocenters. The van der Waals surface area contributed by atoms with Crippen molar-refractivity contribution in [1.82, 2.24) is 5.43 Å². The third kappa shape index (κ3) is 4.21. The number of hydrazone groups is 1. The number of amidine groups is 1. The number of allylic oxidation sites excluding steroid dienone is 1. The lowest BCUT2D eigenvalue weighted by Crippen LogP contribution is -2.08. The highest BCUT2D eigenvalue weighted by molar-refractivity contribution is 7.15. The van der Waals surface area contributed by atoms with Crippen molar-refractivity contribution in [3.05, 3.63) is 29.2 Å². The van der Waals surface area contributed by atoms with Crippen LogP contribution in [0.1, 0.15) is 31.6 Å². The van der Waals surface area contributed by atoms with E-state index in [9.17, 15) is 0 Å². The van der Waals surface area contributed by atoms with Gasteiger partial charge in [-0.3, -0.25) is 0 Å². The normalized spacial score (nSPS) is 12.4. The lowest BCUT2D eigenvalue weighted by molar-refractivity contribution is 0.427. The molecule has 4 nitrogen and oxygen atoms in total. The third-order valence-corrected chi connectivity index (χ3v) is 3.67. The van der Waals surface area contributed by atoms with Gasteiger partial charge in [-0.05, 0) is 30.5 Å². The minimum atomic E-state index is 0.669. The summed E-state index contributed by atoms with van der Waals surface area (Å²) < 4.78 is 5.20. The smallest absolute Gasteiger partial charge is 0.189 e. The molecule has 0 radical (unpaired) electrons. The molecule has 1 heterocycles. The number of hydrogen-bond acceptors (Lipinski definition) is 4. The third-order valence-electron chi connectivity index (χ3n) is 2.63.